The van der Waals surface area contributed by atoms with Gasteiger partial charge >= 0.3 is 0 Å². The van der Waals surface area contributed by atoms with E-state index >= 15 is 0 Å². The van der Waals surface area contributed by atoms with Gasteiger partial charge in [0.25, 0.3) is 0 Å². The average molecular weight is 277 g/mol. The first-order valence-corrected chi connectivity index (χ1v) is 9.06. The summed E-state index contributed by atoms with van der Waals surface area (Å²) in [6.45, 7) is 2.11. The minimum atomic E-state index is -0.634. The lowest BCUT2D eigenvalue weighted by Crippen LogP contribution is -2.65. The third-order valence-corrected chi connectivity index (χ3v) is 7.16. The number of hydrogen-bond acceptors (Lipinski definition) is 2. The van der Waals surface area contributed by atoms with E-state index in [0.29, 0.717) is 6.04 Å². The zero-order valence-electron chi connectivity index (χ0n) is 13.0. The molecule has 2 N–H and O–H groups in total. The Labute approximate surface area is 123 Å². The Bertz CT molecular complexity index is 334. The summed E-state index contributed by atoms with van der Waals surface area (Å²) in [5.41, 5.74) is -0.440. The third kappa shape index (κ3) is 2.14. The normalized spacial score (nSPS) is 47.4. The van der Waals surface area contributed by atoms with Gasteiger partial charge in [0.2, 0.25) is 0 Å². The topological polar surface area (TPSA) is 32.3 Å². The molecule has 2 nitrogen and oxygen atoms in total. The zero-order chi connectivity index (χ0) is 13.8. The fraction of sp³-hybridized carbons (Fsp3) is 1.00. The van der Waals surface area contributed by atoms with Gasteiger partial charge in [-0.3, -0.25) is 5.32 Å². The molecule has 0 heterocycles. The van der Waals surface area contributed by atoms with Gasteiger partial charge in [-0.2, -0.15) is 0 Å². The van der Waals surface area contributed by atoms with Crippen molar-refractivity contribution in [2.45, 2.75) is 89.3 Å². The van der Waals surface area contributed by atoms with Gasteiger partial charge in [0.15, 0.2) is 0 Å². The Morgan fingerprint density at radius 1 is 0.900 bits per heavy atom. The highest BCUT2D eigenvalue weighted by molar-refractivity contribution is 5.08. The van der Waals surface area contributed by atoms with Gasteiger partial charge in [0.05, 0.1) is 0 Å². The quantitative estimate of drug-likeness (QED) is 0.768. The lowest BCUT2D eigenvalue weighted by Gasteiger charge is -2.62. The van der Waals surface area contributed by atoms with Crippen LogP contribution in [0.3, 0.4) is 0 Å². The van der Waals surface area contributed by atoms with Crippen LogP contribution in [0.5, 0.6) is 0 Å². The molecule has 20 heavy (non-hydrogen) atoms. The van der Waals surface area contributed by atoms with Crippen molar-refractivity contribution >= 4 is 0 Å². The Morgan fingerprint density at radius 2 is 1.40 bits per heavy atom. The smallest absolute Gasteiger partial charge is 0.119 e. The van der Waals surface area contributed by atoms with E-state index in [2.05, 4.69) is 12.2 Å². The Kier molecular flexibility index (Phi) is 3.20. The minimum absolute atomic E-state index is 0.194. The first-order chi connectivity index (χ1) is 9.56. The summed E-state index contributed by atoms with van der Waals surface area (Å²) in [6, 6.07) is 0.562. The Morgan fingerprint density at radius 3 is 1.90 bits per heavy atom. The lowest BCUT2D eigenvalue weighted by atomic mass is 9.47. The summed E-state index contributed by atoms with van der Waals surface area (Å²) in [5, 5.41) is 15.0. The second-order valence-electron chi connectivity index (χ2n) is 8.75. The van der Waals surface area contributed by atoms with Crippen LogP contribution in [0.25, 0.3) is 0 Å². The fourth-order valence-corrected chi connectivity index (χ4v) is 6.50. The van der Waals surface area contributed by atoms with Crippen molar-refractivity contribution in [3.8, 4) is 0 Å². The number of nitrogens with one attached hydrogen (secondary N) is 1. The SMILES string of the molecule is CC(O)(NC1CCCCC1)C12CC3CC(CC(C3)C1)C2. The van der Waals surface area contributed by atoms with Crippen LogP contribution in [0.4, 0.5) is 0 Å². The van der Waals surface area contributed by atoms with Crippen LogP contribution in [0.1, 0.15) is 77.6 Å². The van der Waals surface area contributed by atoms with Crippen LogP contribution in [0, 0.1) is 23.2 Å². The summed E-state index contributed by atoms with van der Waals surface area (Å²) in [6.07, 6.45) is 14.8. The molecule has 0 amide bonds. The predicted molar refractivity (Wildman–Crippen MR) is 81.2 cm³/mol. The molecule has 0 aliphatic heterocycles. The molecule has 1 unspecified atom stereocenters. The molecular formula is C18H31NO. The molecule has 5 rings (SSSR count). The second kappa shape index (κ2) is 4.71. The van der Waals surface area contributed by atoms with Crippen LogP contribution in [-0.2, 0) is 0 Å². The summed E-state index contributed by atoms with van der Waals surface area (Å²) in [7, 11) is 0. The van der Waals surface area contributed by atoms with Crippen LogP contribution in [-0.4, -0.2) is 16.9 Å². The molecule has 114 valence electrons. The molecule has 0 radical (unpaired) electrons. The summed E-state index contributed by atoms with van der Waals surface area (Å²) >= 11 is 0. The van der Waals surface area contributed by atoms with E-state index in [9.17, 15) is 5.11 Å². The molecular weight excluding hydrogens is 246 g/mol. The maximum absolute atomic E-state index is 11.3. The van der Waals surface area contributed by atoms with Gasteiger partial charge in [-0.25, -0.2) is 0 Å². The summed E-state index contributed by atoms with van der Waals surface area (Å²) in [5.74, 6) is 2.75. The average Bonchev–Trinajstić information content (AvgIpc) is 2.37. The highest BCUT2D eigenvalue weighted by atomic mass is 16.3. The van der Waals surface area contributed by atoms with Crippen molar-refractivity contribution in [3.63, 3.8) is 0 Å². The van der Waals surface area contributed by atoms with Crippen LogP contribution in [0.2, 0.25) is 0 Å². The van der Waals surface area contributed by atoms with Crippen LogP contribution in [0.15, 0.2) is 0 Å². The van der Waals surface area contributed by atoms with E-state index in [4.69, 9.17) is 0 Å². The molecule has 2 heteroatoms. The predicted octanol–water partition coefficient (Wildman–Crippen LogP) is 3.83. The highest BCUT2D eigenvalue weighted by Crippen LogP contribution is 2.63. The van der Waals surface area contributed by atoms with E-state index in [-0.39, 0.29) is 5.41 Å². The van der Waals surface area contributed by atoms with E-state index in [1.54, 1.807) is 0 Å². The van der Waals surface area contributed by atoms with Gasteiger partial charge in [0, 0.05) is 11.5 Å². The van der Waals surface area contributed by atoms with Gasteiger partial charge in [-0.05, 0) is 76.0 Å². The summed E-state index contributed by atoms with van der Waals surface area (Å²) < 4.78 is 0. The van der Waals surface area contributed by atoms with Gasteiger partial charge in [0.1, 0.15) is 5.72 Å². The largest absolute Gasteiger partial charge is 0.376 e. The maximum Gasteiger partial charge on any atom is 0.119 e. The van der Waals surface area contributed by atoms with Crippen molar-refractivity contribution in [2.24, 2.45) is 23.2 Å². The Balaban J connectivity index is 1.52. The van der Waals surface area contributed by atoms with E-state index < -0.39 is 5.72 Å². The highest BCUT2D eigenvalue weighted by Gasteiger charge is 2.58. The monoisotopic (exact) mass is 277 g/mol. The molecule has 4 bridgehead atoms. The van der Waals surface area contributed by atoms with Crippen molar-refractivity contribution in [3.05, 3.63) is 0 Å². The first-order valence-electron chi connectivity index (χ1n) is 9.06. The van der Waals surface area contributed by atoms with Gasteiger partial charge in [-0.1, -0.05) is 19.3 Å². The van der Waals surface area contributed by atoms with E-state index in [0.717, 1.165) is 17.8 Å². The first kappa shape index (κ1) is 13.6. The van der Waals surface area contributed by atoms with Crippen molar-refractivity contribution in [2.75, 3.05) is 0 Å². The summed E-state index contributed by atoms with van der Waals surface area (Å²) in [4.78, 5) is 0. The number of aliphatic hydroxyl groups is 1. The molecule has 5 saturated carbocycles. The van der Waals surface area contributed by atoms with Crippen molar-refractivity contribution in [1.29, 1.82) is 0 Å². The number of hydrogen-bond donors (Lipinski definition) is 2. The number of rotatable bonds is 3. The minimum Gasteiger partial charge on any atom is -0.376 e. The molecule has 5 aliphatic carbocycles. The van der Waals surface area contributed by atoms with Crippen molar-refractivity contribution in [1.82, 2.24) is 5.32 Å². The van der Waals surface area contributed by atoms with E-state index in [1.807, 2.05) is 0 Å². The van der Waals surface area contributed by atoms with Crippen molar-refractivity contribution < 1.29 is 5.11 Å². The maximum atomic E-state index is 11.3. The molecule has 0 spiro atoms. The Hall–Kier alpha value is -0.0800. The lowest BCUT2D eigenvalue weighted by molar-refractivity contribution is -0.189. The van der Waals surface area contributed by atoms with Crippen LogP contribution < -0.4 is 5.32 Å². The zero-order valence-corrected chi connectivity index (χ0v) is 13.0. The van der Waals surface area contributed by atoms with Gasteiger partial charge in [-0.15, -0.1) is 0 Å². The van der Waals surface area contributed by atoms with E-state index in [1.165, 1.54) is 70.6 Å². The standard InChI is InChI=1S/C18H31NO/c1-17(20,19-16-5-3-2-4-6-16)18-10-13-7-14(11-18)9-15(8-13)12-18/h13-16,19-20H,2-12H2,1H3. The third-order valence-electron chi connectivity index (χ3n) is 7.16. The molecule has 0 aromatic carbocycles. The molecule has 1 atom stereocenters. The fourth-order valence-electron chi connectivity index (χ4n) is 6.50. The van der Waals surface area contributed by atoms with Gasteiger partial charge < -0.3 is 5.11 Å². The molecule has 0 saturated heterocycles. The second-order valence-corrected chi connectivity index (χ2v) is 8.75. The van der Waals surface area contributed by atoms with Crippen LogP contribution >= 0.6 is 0 Å². The molecule has 5 fully saturated rings. The molecule has 5 aliphatic rings. The molecule has 0 aromatic heterocycles. The molecule has 0 aromatic rings.